The first-order valence-corrected chi connectivity index (χ1v) is 10.1. The number of hydrogen-bond acceptors (Lipinski definition) is 4. The van der Waals surface area contributed by atoms with E-state index < -0.39 is 5.97 Å². The van der Waals surface area contributed by atoms with Crippen LogP contribution < -0.4 is 4.74 Å². The maximum absolute atomic E-state index is 12.0. The zero-order chi connectivity index (χ0) is 21.6. The van der Waals surface area contributed by atoms with E-state index in [4.69, 9.17) is 4.74 Å². The quantitative estimate of drug-likeness (QED) is 0.168. The van der Waals surface area contributed by atoms with E-state index in [0.29, 0.717) is 5.75 Å². The third-order valence-corrected chi connectivity index (χ3v) is 5.07. The van der Waals surface area contributed by atoms with Gasteiger partial charge in [0.1, 0.15) is 5.75 Å². The van der Waals surface area contributed by atoms with Crippen molar-refractivity contribution in [3.63, 3.8) is 0 Å². The molecule has 4 aromatic rings. The Balaban J connectivity index is 2.02. The molecule has 0 N–H and O–H groups in total. The Bertz CT molecular complexity index is 1280. The van der Waals surface area contributed by atoms with Crippen LogP contribution in [0.4, 0.5) is 0 Å². The largest absolute Gasteiger partial charge is 0.423 e. The lowest BCUT2D eigenvalue weighted by Crippen LogP contribution is -2.06. The summed E-state index contributed by atoms with van der Waals surface area (Å²) in [6, 6.07) is 23.9. The number of carbonyl (C=O) groups excluding carboxylic acids is 1. The lowest BCUT2D eigenvalue weighted by Gasteiger charge is -2.19. The number of aromatic nitrogens is 2. The van der Waals surface area contributed by atoms with Gasteiger partial charge in [0, 0.05) is 24.0 Å². The minimum atomic E-state index is -0.492. The molecule has 0 aliphatic heterocycles. The molecule has 1 heterocycles. The fourth-order valence-corrected chi connectivity index (χ4v) is 3.69. The second kappa shape index (κ2) is 9.18. The Hall–Kier alpha value is -4.05. The predicted octanol–water partition coefficient (Wildman–Crippen LogP) is 6.09. The highest BCUT2D eigenvalue weighted by Gasteiger charge is 2.18. The maximum Gasteiger partial charge on any atom is 0.335 e. The fraction of sp³-hybridized carbons (Fsp3) is 0.0741. The molecule has 4 nitrogen and oxygen atoms in total. The monoisotopic (exact) mass is 406 g/mol. The van der Waals surface area contributed by atoms with Gasteiger partial charge in [0.2, 0.25) is 0 Å². The second-order valence-electron chi connectivity index (χ2n) is 6.95. The highest BCUT2D eigenvalue weighted by atomic mass is 16.5. The van der Waals surface area contributed by atoms with Crippen LogP contribution in [-0.2, 0) is 4.79 Å². The first kappa shape index (κ1) is 20.2. The van der Waals surface area contributed by atoms with Gasteiger partial charge in [-0.2, -0.15) is 0 Å². The summed E-state index contributed by atoms with van der Waals surface area (Å²) in [5, 5.41) is 0. The van der Waals surface area contributed by atoms with Crippen LogP contribution in [0.5, 0.6) is 5.75 Å². The number of ether oxygens (including phenoxy) is 1. The highest BCUT2D eigenvalue weighted by molar-refractivity contribution is 6.01. The molecule has 3 aromatic carbocycles. The van der Waals surface area contributed by atoms with E-state index >= 15 is 0 Å². The summed E-state index contributed by atoms with van der Waals surface area (Å²) >= 11 is 0. The molecule has 0 saturated heterocycles. The van der Waals surface area contributed by atoms with Crippen molar-refractivity contribution in [1.29, 1.82) is 0 Å². The summed E-state index contributed by atoms with van der Waals surface area (Å²) in [4.78, 5) is 20.9. The Kier molecular flexibility index (Phi) is 5.99. The minimum absolute atomic E-state index is 0.489. The number of rotatable bonds is 6. The summed E-state index contributed by atoms with van der Waals surface area (Å²) in [6.07, 6.45) is 5.34. The van der Waals surface area contributed by atoms with Gasteiger partial charge in [-0.3, -0.25) is 9.97 Å². The molecule has 0 bridgehead atoms. The molecular formula is C27H22N2O2. The summed E-state index contributed by atoms with van der Waals surface area (Å²) in [5.74, 6) is -0.00235. The molecule has 4 heteroatoms. The van der Waals surface area contributed by atoms with Crippen LogP contribution in [-0.4, -0.2) is 15.9 Å². The molecule has 0 saturated carbocycles. The molecule has 0 fully saturated rings. The molecule has 4 rings (SSSR count). The van der Waals surface area contributed by atoms with Crippen molar-refractivity contribution in [3.8, 4) is 5.75 Å². The van der Waals surface area contributed by atoms with Crippen LogP contribution in [0.3, 0.4) is 0 Å². The van der Waals surface area contributed by atoms with Crippen molar-refractivity contribution in [2.24, 2.45) is 0 Å². The van der Waals surface area contributed by atoms with Gasteiger partial charge in [-0.25, -0.2) is 4.79 Å². The Morgan fingerprint density at radius 2 is 1.61 bits per heavy atom. The number of fused-ring (bicyclic) bond motifs is 1. The van der Waals surface area contributed by atoms with Crippen molar-refractivity contribution in [2.75, 3.05) is 0 Å². The van der Waals surface area contributed by atoms with Gasteiger partial charge >= 0.3 is 5.97 Å². The lowest BCUT2D eigenvalue weighted by molar-refractivity contribution is -0.128. The van der Waals surface area contributed by atoms with Crippen LogP contribution in [0, 0.1) is 0 Å². The molecule has 0 aliphatic rings. The average Bonchev–Trinajstić information content (AvgIpc) is 2.83. The molecule has 0 atom stereocenters. The minimum Gasteiger partial charge on any atom is -0.423 e. The maximum atomic E-state index is 12.0. The smallest absolute Gasteiger partial charge is 0.335 e. The molecule has 152 valence electrons. The van der Waals surface area contributed by atoms with Crippen molar-refractivity contribution < 1.29 is 9.53 Å². The Morgan fingerprint density at radius 1 is 0.903 bits per heavy atom. The lowest BCUT2D eigenvalue weighted by atomic mass is 9.87. The summed E-state index contributed by atoms with van der Waals surface area (Å²) in [7, 11) is 0. The SMILES string of the molecule is C=CC(=O)Oc1ccccc1/C(=C(\CC)c1ccccc1)c1ccc2nccnc2c1. The van der Waals surface area contributed by atoms with Gasteiger partial charge in [-0.1, -0.05) is 68.1 Å². The first-order valence-electron chi connectivity index (χ1n) is 10.1. The van der Waals surface area contributed by atoms with E-state index in [1.165, 1.54) is 6.08 Å². The molecule has 0 amide bonds. The molecule has 0 aliphatic carbocycles. The van der Waals surface area contributed by atoms with E-state index in [1.807, 2.05) is 54.6 Å². The summed E-state index contributed by atoms with van der Waals surface area (Å²) < 4.78 is 5.60. The Morgan fingerprint density at radius 3 is 2.35 bits per heavy atom. The van der Waals surface area contributed by atoms with Crippen molar-refractivity contribution >= 4 is 28.1 Å². The van der Waals surface area contributed by atoms with E-state index in [-0.39, 0.29) is 0 Å². The third-order valence-electron chi connectivity index (χ3n) is 5.07. The van der Waals surface area contributed by atoms with E-state index in [1.54, 1.807) is 18.5 Å². The topological polar surface area (TPSA) is 52.1 Å². The third kappa shape index (κ3) is 4.28. The second-order valence-corrected chi connectivity index (χ2v) is 6.95. The van der Waals surface area contributed by atoms with Gasteiger partial charge in [-0.05, 0) is 46.9 Å². The Labute approximate surface area is 181 Å². The van der Waals surface area contributed by atoms with Crippen LogP contribution in [0.15, 0.2) is 97.8 Å². The highest BCUT2D eigenvalue weighted by Crippen LogP contribution is 2.39. The number of hydrogen-bond donors (Lipinski definition) is 0. The fourth-order valence-electron chi connectivity index (χ4n) is 3.69. The molecule has 31 heavy (non-hydrogen) atoms. The van der Waals surface area contributed by atoms with Crippen molar-refractivity contribution in [2.45, 2.75) is 13.3 Å². The van der Waals surface area contributed by atoms with E-state index in [9.17, 15) is 4.79 Å². The molecule has 1 aromatic heterocycles. The van der Waals surface area contributed by atoms with Gasteiger partial charge in [0.15, 0.2) is 0 Å². The molecule has 0 radical (unpaired) electrons. The zero-order valence-electron chi connectivity index (χ0n) is 17.3. The van der Waals surface area contributed by atoms with Crippen molar-refractivity contribution in [3.05, 3.63) is 115 Å². The number of para-hydroxylation sites is 1. The normalized spacial score (nSPS) is 11.6. The number of esters is 1. The van der Waals surface area contributed by atoms with Gasteiger partial charge in [0.05, 0.1) is 11.0 Å². The summed E-state index contributed by atoms with van der Waals surface area (Å²) in [5.41, 5.74) is 6.71. The van der Waals surface area contributed by atoms with Crippen LogP contribution in [0.1, 0.15) is 30.0 Å². The number of nitrogens with zero attached hydrogens (tertiary/aromatic N) is 2. The molecule has 0 spiro atoms. The van der Waals surface area contributed by atoms with Crippen molar-refractivity contribution in [1.82, 2.24) is 9.97 Å². The van der Waals surface area contributed by atoms with Gasteiger partial charge < -0.3 is 4.74 Å². The standard InChI is InChI=1S/C27H22N2O2/c1-3-21(19-10-6-5-7-11-19)27(20-14-15-23-24(18-20)29-17-16-28-23)22-12-8-9-13-25(22)31-26(30)4-2/h4-18H,2-3H2,1H3/b27-21+. The van der Waals surface area contributed by atoms with Crippen LogP contribution >= 0.6 is 0 Å². The van der Waals surface area contributed by atoms with Gasteiger partial charge in [-0.15, -0.1) is 0 Å². The average molecular weight is 406 g/mol. The zero-order valence-corrected chi connectivity index (χ0v) is 17.3. The number of benzene rings is 3. The van der Waals surface area contributed by atoms with Crippen LogP contribution in [0.25, 0.3) is 22.2 Å². The molecule has 0 unspecified atom stereocenters. The summed E-state index contributed by atoms with van der Waals surface area (Å²) in [6.45, 7) is 5.65. The predicted molar refractivity (Wildman–Crippen MR) is 124 cm³/mol. The molecular weight excluding hydrogens is 384 g/mol. The number of allylic oxidation sites excluding steroid dienone is 1. The van der Waals surface area contributed by atoms with E-state index in [2.05, 4.69) is 35.6 Å². The first-order chi connectivity index (χ1) is 15.2. The van der Waals surface area contributed by atoms with E-state index in [0.717, 1.165) is 45.3 Å². The van der Waals surface area contributed by atoms with Crippen LogP contribution in [0.2, 0.25) is 0 Å². The number of carbonyl (C=O) groups is 1. The van der Waals surface area contributed by atoms with Gasteiger partial charge in [0.25, 0.3) is 0 Å².